The molecule has 0 unspecified atom stereocenters. The predicted molar refractivity (Wildman–Crippen MR) is 103 cm³/mol. The van der Waals surface area contributed by atoms with Gasteiger partial charge in [0.15, 0.2) is 16.7 Å². The van der Waals surface area contributed by atoms with Gasteiger partial charge in [-0.05, 0) is 18.4 Å². The molecule has 3 aromatic rings. The highest BCUT2D eigenvalue weighted by Crippen LogP contribution is 2.31. The Balaban J connectivity index is 1.78. The molecule has 0 aliphatic rings. The SMILES string of the molecule is COc1cc(OC)cc(Oc2cc(NNC(=O)c3ccco3)nc(SC)n2)c1. The Morgan fingerprint density at radius 2 is 1.79 bits per heavy atom. The second-order valence-electron chi connectivity index (χ2n) is 5.28. The topological polar surface area (TPSA) is 108 Å². The third-order valence-corrected chi connectivity index (χ3v) is 4.01. The van der Waals surface area contributed by atoms with Gasteiger partial charge in [-0.3, -0.25) is 15.6 Å². The molecule has 0 aliphatic carbocycles. The zero-order valence-electron chi connectivity index (χ0n) is 15.4. The summed E-state index contributed by atoms with van der Waals surface area (Å²) < 4.78 is 21.3. The Hall–Kier alpha value is -3.40. The second-order valence-corrected chi connectivity index (χ2v) is 6.06. The molecule has 2 aromatic heterocycles. The van der Waals surface area contributed by atoms with E-state index in [0.29, 0.717) is 28.2 Å². The van der Waals surface area contributed by atoms with Crippen LogP contribution in [-0.2, 0) is 0 Å². The van der Waals surface area contributed by atoms with Gasteiger partial charge in [-0.25, -0.2) is 4.98 Å². The molecule has 28 heavy (non-hydrogen) atoms. The van der Waals surface area contributed by atoms with Crippen molar-refractivity contribution < 1.29 is 23.4 Å². The zero-order chi connectivity index (χ0) is 19.9. The minimum Gasteiger partial charge on any atom is -0.496 e. The number of rotatable bonds is 8. The highest BCUT2D eigenvalue weighted by atomic mass is 32.2. The van der Waals surface area contributed by atoms with E-state index >= 15 is 0 Å². The third-order valence-electron chi connectivity index (χ3n) is 3.46. The Morgan fingerprint density at radius 1 is 1.07 bits per heavy atom. The predicted octanol–water partition coefficient (Wildman–Crippen LogP) is 3.36. The van der Waals surface area contributed by atoms with Crippen LogP contribution in [0.15, 0.2) is 52.2 Å². The number of nitrogens with zero attached hydrogens (tertiary/aromatic N) is 2. The van der Waals surface area contributed by atoms with Gasteiger partial charge in [-0.15, -0.1) is 0 Å². The van der Waals surface area contributed by atoms with Crippen LogP contribution in [0.25, 0.3) is 0 Å². The van der Waals surface area contributed by atoms with Gasteiger partial charge in [0.2, 0.25) is 5.88 Å². The van der Waals surface area contributed by atoms with Crippen molar-refractivity contribution in [3.8, 4) is 23.1 Å². The maximum atomic E-state index is 12.0. The van der Waals surface area contributed by atoms with Crippen LogP contribution in [0, 0.1) is 0 Å². The lowest BCUT2D eigenvalue weighted by Crippen LogP contribution is -2.29. The highest BCUT2D eigenvalue weighted by molar-refractivity contribution is 7.98. The number of methoxy groups -OCH3 is 2. The van der Waals surface area contributed by atoms with E-state index < -0.39 is 5.91 Å². The van der Waals surface area contributed by atoms with Crippen LogP contribution in [0.4, 0.5) is 5.82 Å². The fraction of sp³-hybridized carbons (Fsp3) is 0.167. The summed E-state index contributed by atoms with van der Waals surface area (Å²) in [7, 11) is 3.11. The molecule has 2 N–H and O–H groups in total. The van der Waals surface area contributed by atoms with E-state index in [1.54, 1.807) is 50.6 Å². The number of aromatic nitrogens is 2. The minimum atomic E-state index is -0.436. The van der Waals surface area contributed by atoms with Crippen LogP contribution in [0.3, 0.4) is 0 Å². The molecule has 9 nitrogen and oxygen atoms in total. The van der Waals surface area contributed by atoms with Gasteiger partial charge < -0.3 is 18.6 Å². The van der Waals surface area contributed by atoms with Crippen molar-refractivity contribution in [1.82, 2.24) is 15.4 Å². The van der Waals surface area contributed by atoms with E-state index in [9.17, 15) is 4.79 Å². The smallest absolute Gasteiger partial charge is 0.305 e. The molecule has 0 spiro atoms. The summed E-state index contributed by atoms with van der Waals surface area (Å²) in [4.78, 5) is 20.6. The van der Waals surface area contributed by atoms with E-state index in [1.165, 1.54) is 18.0 Å². The van der Waals surface area contributed by atoms with Crippen LogP contribution in [0.1, 0.15) is 10.6 Å². The average Bonchev–Trinajstić information content (AvgIpc) is 3.26. The number of hydrazine groups is 1. The largest absolute Gasteiger partial charge is 0.496 e. The van der Waals surface area contributed by atoms with Crippen LogP contribution < -0.4 is 25.1 Å². The van der Waals surface area contributed by atoms with Crippen molar-refractivity contribution in [2.45, 2.75) is 5.16 Å². The third kappa shape index (κ3) is 4.86. The van der Waals surface area contributed by atoms with E-state index in [2.05, 4.69) is 20.8 Å². The maximum Gasteiger partial charge on any atom is 0.305 e. The molecule has 2 heterocycles. The normalized spacial score (nSPS) is 10.2. The molecule has 0 fully saturated rings. The molecule has 0 bridgehead atoms. The van der Waals surface area contributed by atoms with Crippen molar-refractivity contribution in [2.75, 3.05) is 25.9 Å². The number of nitrogens with one attached hydrogen (secondary N) is 2. The van der Waals surface area contributed by atoms with Gasteiger partial charge >= 0.3 is 5.91 Å². The molecule has 0 atom stereocenters. The summed E-state index contributed by atoms with van der Waals surface area (Å²) in [6, 6.07) is 9.87. The number of thioether (sulfide) groups is 1. The number of amides is 1. The number of carbonyl (C=O) groups excluding carboxylic acids is 1. The summed E-state index contributed by atoms with van der Waals surface area (Å²) in [5, 5.41) is 0.460. The average molecular weight is 402 g/mol. The second kappa shape index (κ2) is 9.00. The first-order chi connectivity index (χ1) is 13.6. The number of anilines is 1. The lowest BCUT2D eigenvalue weighted by Gasteiger charge is -2.12. The highest BCUT2D eigenvalue weighted by Gasteiger charge is 2.11. The number of furan rings is 1. The summed E-state index contributed by atoms with van der Waals surface area (Å²) >= 11 is 1.33. The lowest BCUT2D eigenvalue weighted by molar-refractivity contribution is 0.0935. The Kier molecular flexibility index (Phi) is 6.22. The van der Waals surface area contributed by atoms with Gasteiger partial charge in [-0.2, -0.15) is 4.98 Å². The lowest BCUT2D eigenvalue weighted by atomic mass is 10.3. The molecule has 0 saturated heterocycles. The van der Waals surface area contributed by atoms with Gasteiger partial charge in [0, 0.05) is 24.3 Å². The quantitative estimate of drug-likeness (QED) is 0.333. The molecule has 146 valence electrons. The number of hydrogen-bond donors (Lipinski definition) is 2. The zero-order valence-corrected chi connectivity index (χ0v) is 16.2. The molecular formula is C18H18N4O5S. The first-order valence-electron chi connectivity index (χ1n) is 8.05. The standard InChI is InChI=1S/C18H18N4O5S/c1-24-11-7-12(25-2)9-13(8-11)27-16-10-15(19-18(20-16)28-3)21-22-17(23)14-5-4-6-26-14/h4-10H,1-3H3,(H,22,23)(H,19,20,21). The number of hydrogen-bond acceptors (Lipinski definition) is 9. The summed E-state index contributed by atoms with van der Waals surface area (Å²) in [6.45, 7) is 0. The van der Waals surface area contributed by atoms with E-state index in [4.69, 9.17) is 18.6 Å². The first kappa shape index (κ1) is 19.4. The molecule has 1 aromatic carbocycles. The number of benzene rings is 1. The van der Waals surface area contributed by atoms with Crippen LogP contribution in [0.2, 0.25) is 0 Å². The molecular weight excluding hydrogens is 384 g/mol. The molecule has 10 heteroatoms. The molecule has 0 radical (unpaired) electrons. The Morgan fingerprint density at radius 3 is 2.39 bits per heavy atom. The Labute approximate surface area is 165 Å². The monoisotopic (exact) mass is 402 g/mol. The van der Waals surface area contributed by atoms with E-state index in [1.807, 2.05) is 6.26 Å². The van der Waals surface area contributed by atoms with Gasteiger partial charge in [-0.1, -0.05) is 11.8 Å². The van der Waals surface area contributed by atoms with Crippen LogP contribution in [0.5, 0.6) is 23.1 Å². The van der Waals surface area contributed by atoms with E-state index in [-0.39, 0.29) is 11.6 Å². The van der Waals surface area contributed by atoms with Crippen molar-refractivity contribution in [3.05, 3.63) is 48.4 Å². The van der Waals surface area contributed by atoms with Gasteiger partial charge in [0.25, 0.3) is 0 Å². The van der Waals surface area contributed by atoms with Crippen molar-refractivity contribution in [1.29, 1.82) is 0 Å². The van der Waals surface area contributed by atoms with Crippen molar-refractivity contribution in [3.63, 3.8) is 0 Å². The van der Waals surface area contributed by atoms with Crippen molar-refractivity contribution >= 4 is 23.5 Å². The molecule has 1 amide bonds. The summed E-state index contributed by atoms with van der Waals surface area (Å²) in [5.74, 6) is 2.01. The van der Waals surface area contributed by atoms with Crippen LogP contribution in [-0.4, -0.2) is 36.4 Å². The summed E-state index contributed by atoms with van der Waals surface area (Å²) in [6.07, 6.45) is 3.25. The first-order valence-corrected chi connectivity index (χ1v) is 9.27. The van der Waals surface area contributed by atoms with Crippen molar-refractivity contribution in [2.24, 2.45) is 0 Å². The minimum absolute atomic E-state index is 0.173. The molecule has 3 rings (SSSR count). The fourth-order valence-corrected chi connectivity index (χ4v) is 2.53. The Bertz CT molecular complexity index is 927. The molecule has 0 aliphatic heterocycles. The summed E-state index contributed by atoms with van der Waals surface area (Å²) in [5.41, 5.74) is 5.23. The maximum absolute atomic E-state index is 12.0. The number of ether oxygens (including phenoxy) is 3. The van der Waals surface area contributed by atoms with Gasteiger partial charge in [0.05, 0.1) is 20.5 Å². The fourth-order valence-electron chi connectivity index (χ4n) is 2.16. The molecule has 0 saturated carbocycles. The van der Waals surface area contributed by atoms with Crippen LogP contribution >= 0.6 is 11.8 Å². The number of carbonyl (C=O) groups is 1. The van der Waals surface area contributed by atoms with Gasteiger partial charge in [0.1, 0.15) is 17.2 Å². The van der Waals surface area contributed by atoms with E-state index in [0.717, 1.165) is 0 Å².